The standard InChI is InChI=1S/C17H24N2O3S/c1-12(23-15-10-8-14(22-2)9-11-15)16(20)19-17(21)18-13-6-4-3-5-7-13/h8-13H,3-7H2,1-2H3,(H2,18,19,20,21). The molecular formula is C17H24N2O3S. The number of nitrogens with one attached hydrogen (secondary N) is 2. The topological polar surface area (TPSA) is 67.4 Å². The van der Waals surface area contributed by atoms with Gasteiger partial charge in [0.1, 0.15) is 5.75 Å². The van der Waals surface area contributed by atoms with E-state index in [9.17, 15) is 9.59 Å². The summed E-state index contributed by atoms with van der Waals surface area (Å²) in [5, 5.41) is 4.98. The van der Waals surface area contributed by atoms with Gasteiger partial charge in [-0.1, -0.05) is 19.3 Å². The SMILES string of the molecule is COc1ccc(SC(C)C(=O)NC(=O)NC2CCCCC2)cc1. The fraction of sp³-hybridized carbons (Fsp3) is 0.529. The number of benzene rings is 1. The molecule has 0 spiro atoms. The average Bonchev–Trinajstić information content (AvgIpc) is 2.56. The van der Waals surface area contributed by atoms with Crippen LogP contribution in [0.4, 0.5) is 4.79 Å². The van der Waals surface area contributed by atoms with Crippen LogP contribution in [0.5, 0.6) is 5.75 Å². The molecule has 126 valence electrons. The van der Waals surface area contributed by atoms with Crippen molar-refractivity contribution in [3.05, 3.63) is 24.3 Å². The van der Waals surface area contributed by atoms with Crippen molar-refractivity contribution in [2.45, 2.75) is 55.2 Å². The van der Waals surface area contributed by atoms with Crippen LogP contribution < -0.4 is 15.4 Å². The summed E-state index contributed by atoms with van der Waals surface area (Å²) in [6.07, 6.45) is 5.51. The van der Waals surface area contributed by atoms with Gasteiger partial charge in [0.25, 0.3) is 0 Å². The van der Waals surface area contributed by atoms with Gasteiger partial charge < -0.3 is 10.1 Å². The Bertz CT molecular complexity index is 527. The number of amides is 3. The van der Waals surface area contributed by atoms with Crippen molar-refractivity contribution in [2.75, 3.05) is 7.11 Å². The first-order valence-corrected chi connectivity index (χ1v) is 8.88. The maximum atomic E-state index is 12.1. The molecule has 1 aliphatic rings. The number of rotatable bonds is 5. The van der Waals surface area contributed by atoms with Gasteiger partial charge in [0.05, 0.1) is 12.4 Å². The van der Waals surface area contributed by atoms with Crippen molar-refractivity contribution in [1.82, 2.24) is 10.6 Å². The van der Waals surface area contributed by atoms with Gasteiger partial charge in [-0.3, -0.25) is 10.1 Å². The summed E-state index contributed by atoms with van der Waals surface area (Å²) in [5.74, 6) is 0.498. The van der Waals surface area contributed by atoms with Crippen LogP contribution >= 0.6 is 11.8 Å². The fourth-order valence-electron chi connectivity index (χ4n) is 2.59. The second-order valence-electron chi connectivity index (χ2n) is 5.73. The van der Waals surface area contributed by atoms with Gasteiger partial charge in [0.2, 0.25) is 5.91 Å². The van der Waals surface area contributed by atoms with Crippen LogP contribution in [0, 0.1) is 0 Å². The highest BCUT2D eigenvalue weighted by atomic mass is 32.2. The molecule has 0 bridgehead atoms. The lowest BCUT2D eigenvalue weighted by molar-refractivity contribution is -0.119. The zero-order valence-corrected chi connectivity index (χ0v) is 14.4. The first kappa shape index (κ1) is 17.7. The lowest BCUT2D eigenvalue weighted by Gasteiger charge is -2.23. The van der Waals surface area contributed by atoms with E-state index in [1.54, 1.807) is 14.0 Å². The molecule has 0 radical (unpaired) electrons. The third-order valence-corrected chi connectivity index (χ3v) is 5.03. The number of carbonyl (C=O) groups excluding carboxylic acids is 2. The molecule has 1 aliphatic carbocycles. The van der Waals surface area contributed by atoms with Crippen LogP contribution in [-0.4, -0.2) is 30.3 Å². The molecule has 0 aromatic heterocycles. The Morgan fingerprint density at radius 3 is 2.43 bits per heavy atom. The molecule has 1 aromatic rings. The Labute approximate surface area is 141 Å². The van der Waals surface area contributed by atoms with Crippen LogP contribution in [0.2, 0.25) is 0 Å². The maximum absolute atomic E-state index is 12.1. The van der Waals surface area contributed by atoms with Gasteiger partial charge in [0.15, 0.2) is 0 Å². The molecule has 6 heteroatoms. The minimum Gasteiger partial charge on any atom is -0.497 e. The number of methoxy groups -OCH3 is 1. The van der Waals surface area contributed by atoms with E-state index < -0.39 is 0 Å². The van der Waals surface area contributed by atoms with E-state index in [2.05, 4.69) is 10.6 Å². The lowest BCUT2D eigenvalue weighted by atomic mass is 9.96. The summed E-state index contributed by atoms with van der Waals surface area (Å²) in [5.41, 5.74) is 0. The Morgan fingerprint density at radius 1 is 1.17 bits per heavy atom. The summed E-state index contributed by atoms with van der Waals surface area (Å²) in [7, 11) is 1.61. The highest BCUT2D eigenvalue weighted by Gasteiger charge is 2.20. The predicted molar refractivity (Wildman–Crippen MR) is 91.9 cm³/mol. The smallest absolute Gasteiger partial charge is 0.321 e. The molecular weight excluding hydrogens is 312 g/mol. The largest absolute Gasteiger partial charge is 0.497 e. The molecule has 0 aliphatic heterocycles. The number of carbonyl (C=O) groups is 2. The molecule has 1 fully saturated rings. The predicted octanol–water partition coefficient (Wildman–Crippen LogP) is 3.33. The minimum atomic E-state index is -0.385. The first-order valence-electron chi connectivity index (χ1n) is 8.00. The van der Waals surface area contributed by atoms with Crippen LogP contribution in [-0.2, 0) is 4.79 Å². The van der Waals surface area contributed by atoms with E-state index in [1.165, 1.54) is 18.2 Å². The second-order valence-corrected chi connectivity index (χ2v) is 7.15. The van der Waals surface area contributed by atoms with Crippen LogP contribution in [0.1, 0.15) is 39.0 Å². The molecule has 23 heavy (non-hydrogen) atoms. The number of hydrogen-bond donors (Lipinski definition) is 2. The molecule has 3 amide bonds. The zero-order chi connectivity index (χ0) is 16.7. The zero-order valence-electron chi connectivity index (χ0n) is 13.6. The molecule has 1 aromatic carbocycles. The lowest BCUT2D eigenvalue weighted by Crippen LogP contribution is -2.47. The van der Waals surface area contributed by atoms with Crippen molar-refractivity contribution in [1.29, 1.82) is 0 Å². The summed E-state index contributed by atoms with van der Waals surface area (Å²) in [6, 6.07) is 7.31. The van der Waals surface area contributed by atoms with Crippen molar-refractivity contribution < 1.29 is 14.3 Å². The highest BCUT2D eigenvalue weighted by molar-refractivity contribution is 8.00. The van der Waals surface area contributed by atoms with Gasteiger partial charge in [0, 0.05) is 10.9 Å². The molecule has 2 N–H and O–H groups in total. The van der Waals surface area contributed by atoms with Gasteiger partial charge in [-0.2, -0.15) is 0 Å². The van der Waals surface area contributed by atoms with Crippen LogP contribution in [0.25, 0.3) is 0 Å². The summed E-state index contributed by atoms with van der Waals surface area (Å²) >= 11 is 1.41. The van der Waals surface area contributed by atoms with Crippen molar-refractivity contribution in [2.24, 2.45) is 0 Å². The van der Waals surface area contributed by atoms with E-state index >= 15 is 0 Å². The normalized spacial score (nSPS) is 16.4. The average molecular weight is 336 g/mol. The molecule has 1 unspecified atom stereocenters. The molecule has 0 saturated heterocycles. The Hall–Kier alpha value is -1.69. The van der Waals surface area contributed by atoms with E-state index in [1.807, 2.05) is 24.3 Å². The summed E-state index contributed by atoms with van der Waals surface area (Å²) in [4.78, 5) is 25.0. The quantitative estimate of drug-likeness (QED) is 0.809. The van der Waals surface area contributed by atoms with E-state index in [0.717, 1.165) is 36.3 Å². The molecule has 0 heterocycles. The Morgan fingerprint density at radius 2 is 1.83 bits per heavy atom. The monoisotopic (exact) mass is 336 g/mol. The molecule has 2 rings (SSSR count). The highest BCUT2D eigenvalue weighted by Crippen LogP contribution is 2.25. The Balaban J connectivity index is 1.77. The number of thioether (sulfide) groups is 1. The molecule has 1 atom stereocenters. The minimum absolute atomic E-state index is 0.195. The fourth-order valence-corrected chi connectivity index (χ4v) is 3.46. The van der Waals surface area contributed by atoms with E-state index in [4.69, 9.17) is 4.74 Å². The van der Waals surface area contributed by atoms with E-state index in [-0.39, 0.29) is 23.2 Å². The summed E-state index contributed by atoms with van der Waals surface area (Å²) in [6.45, 7) is 1.79. The van der Waals surface area contributed by atoms with Gasteiger partial charge in [-0.25, -0.2) is 4.79 Å². The maximum Gasteiger partial charge on any atom is 0.321 e. The second kappa shape index (κ2) is 8.82. The molecule has 5 nitrogen and oxygen atoms in total. The molecule has 1 saturated carbocycles. The number of hydrogen-bond acceptors (Lipinski definition) is 4. The van der Waals surface area contributed by atoms with Gasteiger partial charge in [-0.15, -0.1) is 11.8 Å². The third kappa shape index (κ3) is 5.78. The van der Waals surface area contributed by atoms with Crippen LogP contribution in [0.15, 0.2) is 29.2 Å². The van der Waals surface area contributed by atoms with Crippen molar-refractivity contribution in [3.63, 3.8) is 0 Å². The number of ether oxygens (including phenoxy) is 1. The first-order chi connectivity index (χ1) is 11.1. The number of imide groups is 1. The van der Waals surface area contributed by atoms with Crippen molar-refractivity contribution >= 4 is 23.7 Å². The van der Waals surface area contributed by atoms with Gasteiger partial charge in [-0.05, 0) is 44.0 Å². The van der Waals surface area contributed by atoms with Crippen molar-refractivity contribution in [3.8, 4) is 5.75 Å². The summed E-state index contributed by atoms with van der Waals surface area (Å²) < 4.78 is 5.10. The third-order valence-electron chi connectivity index (χ3n) is 3.92. The van der Waals surface area contributed by atoms with Gasteiger partial charge >= 0.3 is 6.03 Å². The van der Waals surface area contributed by atoms with E-state index in [0.29, 0.717) is 0 Å². The number of urea groups is 1. The van der Waals surface area contributed by atoms with Crippen LogP contribution in [0.3, 0.4) is 0 Å². The Kier molecular flexibility index (Phi) is 6.77.